The van der Waals surface area contributed by atoms with Crippen molar-refractivity contribution >= 4 is 18.0 Å². The Kier molecular flexibility index (Phi) is 4.40. The third kappa shape index (κ3) is 3.12. The number of rotatable bonds is 3. The molecule has 112 valence electrons. The fourth-order valence-electron chi connectivity index (χ4n) is 2.56. The van der Waals surface area contributed by atoms with Crippen molar-refractivity contribution in [2.75, 3.05) is 6.54 Å². The van der Waals surface area contributed by atoms with Crippen molar-refractivity contribution < 1.29 is 19.1 Å². The van der Waals surface area contributed by atoms with Crippen molar-refractivity contribution in [1.29, 1.82) is 0 Å². The summed E-state index contributed by atoms with van der Waals surface area (Å²) in [5.74, 6) is -1.82. The molecule has 1 atom stereocenters. The van der Waals surface area contributed by atoms with Crippen LogP contribution in [0.5, 0.6) is 0 Å². The molecule has 1 aromatic rings. The summed E-state index contributed by atoms with van der Waals surface area (Å²) in [5.41, 5.74) is -0.880. The first-order valence-corrected chi connectivity index (χ1v) is 6.93. The van der Waals surface area contributed by atoms with Crippen LogP contribution >= 0.6 is 0 Å². The first kappa shape index (κ1) is 15.2. The summed E-state index contributed by atoms with van der Waals surface area (Å²) in [6.07, 6.45) is 4.62. The summed E-state index contributed by atoms with van der Waals surface area (Å²) >= 11 is 0. The maximum absolute atomic E-state index is 13.5. The Morgan fingerprint density at radius 1 is 1.33 bits per heavy atom. The molecule has 1 heterocycles. The molecule has 1 aromatic carbocycles. The molecule has 1 aliphatic heterocycles. The summed E-state index contributed by atoms with van der Waals surface area (Å²) in [5, 5.41) is 9.37. The second-order valence-corrected chi connectivity index (χ2v) is 5.38. The number of piperidine rings is 1. The Morgan fingerprint density at radius 2 is 2.05 bits per heavy atom. The monoisotopic (exact) mass is 291 g/mol. The lowest BCUT2D eigenvalue weighted by Gasteiger charge is -2.41. The number of amides is 1. The number of carbonyl (C=O) groups excluding carboxylic acids is 1. The lowest BCUT2D eigenvalue weighted by Crippen LogP contribution is -2.57. The third-order valence-corrected chi connectivity index (χ3v) is 3.93. The van der Waals surface area contributed by atoms with Gasteiger partial charge in [0.2, 0.25) is 5.91 Å². The fraction of sp³-hybridized carbons (Fsp3) is 0.375. The molecule has 4 nitrogen and oxygen atoms in total. The van der Waals surface area contributed by atoms with E-state index in [2.05, 4.69) is 0 Å². The molecule has 0 spiro atoms. The molecule has 1 amide bonds. The molecule has 1 aliphatic rings. The number of carbonyl (C=O) groups is 2. The highest BCUT2D eigenvalue weighted by atomic mass is 19.1. The van der Waals surface area contributed by atoms with Crippen LogP contribution < -0.4 is 0 Å². The average molecular weight is 291 g/mol. The minimum atomic E-state index is -1.19. The van der Waals surface area contributed by atoms with Gasteiger partial charge in [-0.05, 0) is 38.3 Å². The zero-order chi connectivity index (χ0) is 15.5. The van der Waals surface area contributed by atoms with Crippen molar-refractivity contribution in [3.05, 3.63) is 41.7 Å². The fourth-order valence-corrected chi connectivity index (χ4v) is 2.56. The molecule has 0 bridgehead atoms. The van der Waals surface area contributed by atoms with E-state index in [9.17, 15) is 19.1 Å². The predicted octanol–water partition coefficient (Wildman–Crippen LogP) is 2.69. The van der Waals surface area contributed by atoms with E-state index < -0.39 is 23.2 Å². The number of nitrogens with zero attached hydrogens (tertiary/aromatic N) is 1. The summed E-state index contributed by atoms with van der Waals surface area (Å²) in [4.78, 5) is 25.1. The third-order valence-electron chi connectivity index (χ3n) is 3.93. The van der Waals surface area contributed by atoms with Crippen molar-refractivity contribution in [2.24, 2.45) is 0 Å². The van der Waals surface area contributed by atoms with Crippen LogP contribution in [0.25, 0.3) is 6.08 Å². The zero-order valence-electron chi connectivity index (χ0n) is 11.9. The molecule has 0 aliphatic carbocycles. The van der Waals surface area contributed by atoms with E-state index in [1.807, 2.05) is 0 Å². The number of likely N-dealkylation sites (tertiary alicyclic amines) is 1. The molecule has 21 heavy (non-hydrogen) atoms. The lowest BCUT2D eigenvalue weighted by molar-refractivity contribution is -0.158. The van der Waals surface area contributed by atoms with E-state index in [1.54, 1.807) is 25.1 Å². The Balaban J connectivity index is 2.19. The first-order valence-electron chi connectivity index (χ1n) is 6.93. The molecule has 0 radical (unpaired) electrons. The standard InChI is InChI=1S/C16H18FNO3/c1-16(15(20)21)10-4-5-11-18(16)14(19)9-8-12-6-2-3-7-13(12)17/h2-3,6-9H,4-5,10-11H2,1H3,(H,20,21)/b9-8+. The van der Waals surface area contributed by atoms with E-state index in [-0.39, 0.29) is 0 Å². The van der Waals surface area contributed by atoms with Crippen molar-refractivity contribution in [3.63, 3.8) is 0 Å². The Bertz CT molecular complexity index is 585. The van der Waals surface area contributed by atoms with Gasteiger partial charge < -0.3 is 10.0 Å². The highest BCUT2D eigenvalue weighted by Crippen LogP contribution is 2.28. The van der Waals surface area contributed by atoms with E-state index in [1.165, 1.54) is 23.1 Å². The van der Waals surface area contributed by atoms with Crippen LogP contribution in [0.15, 0.2) is 30.3 Å². The molecule has 1 saturated heterocycles. The Morgan fingerprint density at radius 3 is 2.71 bits per heavy atom. The van der Waals surface area contributed by atoms with Gasteiger partial charge in [-0.25, -0.2) is 9.18 Å². The molecule has 1 fully saturated rings. The molecular formula is C16H18FNO3. The van der Waals surface area contributed by atoms with Crippen LogP contribution in [-0.4, -0.2) is 34.0 Å². The van der Waals surface area contributed by atoms with Crippen LogP contribution in [0.4, 0.5) is 4.39 Å². The summed E-state index contributed by atoms with van der Waals surface area (Å²) in [6.45, 7) is 1.96. The maximum Gasteiger partial charge on any atom is 0.329 e. The summed E-state index contributed by atoms with van der Waals surface area (Å²) < 4.78 is 13.5. The molecular weight excluding hydrogens is 273 g/mol. The Labute approximate surface area is 122 Å². The highest BCUT2D eigenvalue weighted by molar-refractivity contribution is 5.95. The molecule has 1 N–H and O–H groups in total. The van der Waals surface area contributed by atoms with Crippen molar-refractivity contribution in [1.82, 2.24) is 4.90 Å². The largest absolute Gasteiger partial charge is 0.480 e. The van der Waals surface area contributed by atoms with Crippen LogP contribution in [0.1, 0.15) is 31.7 Å². The second-order valence-electron chi connectivity index (χ2n) is 5.38. The predicted molar refractivity (Wildman–Crippen MR) is 77.0 cm³/mol. The molecule has 0 aromatic heterocycles. The van der Waals surface area contributed by atoms with Crippen molar-refractivity contribution in [2.45, 2.75) is 31.7 Å². The van der Waals surface area contributed by atoms with Gasteiger partial charge in [0, 0.05) is 18.2 Å². The molecule has 2 rings (SSSR count). The van der Waals surface area contributed by atoms with E-state index >= 15 is 0 Å². The van der Waals surface area contributed by atoms with Crippen molar-refractivity contribution in [3.8, 4) is 0 Å². The van der Waals surface area contributed by atoms with Gasteiger partial charge in [-0.2, -0.15) is 0 Å². The van der Waals surface area contributed by atoms with E-state index in [0.29, 0.717) is 18.5 Å². The highest BCUT2D eigenvalue weighted by Gasteiger charge is 2.43. The molecule has 1 unspecified atom stereocenters. The second kappa shape index (κ2) is 6.08. The van der Waals surface area contributed by atoms with E-state index in [0.717, 1.165) is 12.8 Å². The molecule has 0 saturated carbocycles. The minimum Gasteiger partial charge on any atom is -0.480 e. The topological polar surface area (TPSA) is 57.6 Å². The van der Waals surface area contributed by atoms with Crippen LogP contribution in [0.3, 0.4) is 0 Å². The number of carboxylic acid groups (broad SMARTS) is 1. The van der Waals surface area contributed by atoms with Crippen LogP contribution in [-0.2, 0) is 9.59 Å². The summed E-state index contributed by atoms with van der Waals surface area (Å²) in [7, 11) is 0. The van der Waals surface area contributed by atoms with E-state index in [4.69, 9.17) is 0 Å². The average Bonchev–Trinajstić information content (AvgIpc) is 2.46. The number of halogens is 1. The van der Waals surface area contributed by atoms with Gasteiger partial charge in [-0.15, -0.1) is 0 Å². The number of hydrogen-bond donors (Lipinski definition) is 1. The minimum absolute atomic E-state index is 0.305. The Hall–Kier alpha value is -2.17. The number of benzene rings is 1. The first-order chi connectivity index (χ1) is 9.95. The van der Waals surface area contributed by atoms with Crippen LogP contribution in [0.2, 0.25) is 0 Å². The quantitative estimate of drug-likeness (QED) is 0.871. The lowest BCUT2D eigenvalue weighted by atomic mass is 9.88. The van der Waals surface area contributed by atoms with Crippen LogP contribution in [0, 0.1) is 5.82 Å². The normalized spacial score (nSPS) is 22.5. The molecule has 5 heteroatoms. The number of carboxylic acids is 1. The van der Waals surface area contributed by atoms with Gasteiger partial charge >= 0.3 is 5.97 Å². The summed E-state index contributed by atoms with van der Waals surface area (Å²) in [6, 6.07) is 6.12. The van der Waals surface area contributed by atoms with Gasteiger partial charge in [-0.3, -0.25) is 4.79 Å². The van der Waals surface area contributed by atoms with Gasteiger partial charge in [0.15, 0.2) is 0 Å². The van der Waals surface area contributed by atoms with Gasteiger partial charge in [0.25, 0.3) is 0 Å². The SMILES string of the molecule is CC1(C(=O)O)CCCCN1C(=O)/C=C/c1ccccc1F. The maximum atomic E-state index is 13.5. The van der Waals surface area contributed by atoms with Gasteiger partial charge in [0.05, 0.1) is 0 Å². The van der Waals surface area contributed by atoms with Gasteiger partial charge in [0.1, 0.15) is 11.4 Å². The van der Waals surface area contributed by atoms with Gasteiger partial charge in [-0.1, -0.05) is 18.2 Å². The number of aliphatic carboxylic acids is 1. The number of hydrogen-bond acceptors (Lipinski definition) is 2. The zero-order valence-corrected chi connectivity index (χ0v) is 11.9. The smallest absolute Gasteiger partial charge is 0.329 e.